The van der Waals surface area contributed by atoms with Crippen LogP contribution in [0.15, 0.2) is 42.6 Å². The summed E-state index contributed by atoms with van der Waals surface area (Å²) in [5.74, 6) is 0.326. The van der Waals surface area contributed by atoms with Gasteiger partial charge in [-0.25, -0.2) is 0 Å². The zero-order valence-electron chi connectivity index (χ0n) is 15.7. The fourth-order valence-corrected chi connectivity index (χ4v) is 3.47. The predicted octanol–water partition coefficient (Wildman–Crippen LogP) is 4.04. The van der Waals surface area contributed by atoms with E-state index in [4.69, 9.17) is 4.74 Å². The monoisotopic (exact) mass is 392 g/mol. The Hall–Kier alpha value is -2.41. The number of halogens is 3. The molecule has 2 aromatic rings. The van der Waals surface area contributed by atoms with Crippen molar-refractivity contribution in [1.82, 2.24) is 9.88 Å². The van der Waals surface area contributed by atoms with Crippen LogP contribution < -0.4 is 0 Å². The van der Waals surface area contributed by atoms with Crippen LogP contribution in [-0.4, -0.2) is 42.6 Å². The van der Waals surface area contributed by atoms with E-state index in [-0.39, 0.29) is 12.5 Å². The molecule has 28 heavy (non-hydrogen) atoms. The Morgan fingerprint density at radius 3 is 2.29 bits per heavy atom. The van der Waals surface area contributed by atoms with Crippen LogP contribution in [0.2, 0.25) is 0 Å². The lowest BCUT2D eigenvalue weighted by Gasteiger charge is -2.31. The summed E-state index contributed by atoms with van der Waals surface area (Å²) in [6, 6.07) is 9.18. The van der Waals surface area contributed by atoms with E-state index in [1.54, 1.807) is 6.20 Å². The molecule has 4 nitrogen and oxygen atoms in total. The van der Waals surface area contributed by atoms with Gasteiger partial charge in [0.2, 0.25) is 5.91 Å². The van der Waals surface area contributed by atoms with E-state index in [1.165, 1.54) is 19.2 Å². The molecule has 0 N–H and O–H groups in total. The Morgan fingerprint density at radius 2 is 1.75 bits per heavy atom. The Morgan fingerprint density at radius 1 is 1.11 bits per heavy atom. The van der Waals surface area contributed by atoms with Crippen LogP contribution in [0.5, 0.6) is 0 Å². The SMILES string of the molecule is COCC(=O)N1CCC(c2ccc(Cc3ccc(C(F)(F)F)cc3)cn2)CC1. The third kappa shape index (κ3) is 5.10. The van der Waals surface area contributed by atoms with Crippen molar-refractivity contribution in [3.05, 3.63) is 65.0 Å². The molecule has 0 bridgehead atoms. The summed E-state index contributed by atoms with van der Waals surface area (Å²) in [6.45, 7) is 1.51. The first-order valence-corrected chi connectivity index (χ1v) is 9.24. The molecule has 7 heteroatoms. The fourth-order valence-electron chi connectivity index (χ4n) is 3.47. The number of nitrogens with zero attached hydrogens (tertiary/aromatic N) is 2. The minimum atomic E-state index is -4.31. The molecule has 0 aliphatic carbocycles. The molecule has 1 aliphatic rings. The number of carbonyl (C=O) groups excluding carboxylic acids is 1. The van der Waals surface area contributed by atoms with Gasteiger partial charge in [0.15, 0.2) is 0 Å². The van der Waals surface area contributed by atoms with Crippen LogP contribution >= 0.6 is 0 Å². The first kappa shape index (κ1) is 20.3. The molecular formula is C21H23F3N2O2. The molecule has 1 amide bonds. The van der Waals surface area contributed by atoms with Gasteiger partial charge in [-0.05, 0) is 48.6 Å². The zero-order valence-corrected chi connectivity index (χ0v) is 15.7. The number of pyridine rings is 1. The van der Waals surface area contributed by atoms with Gasteiger partial charge < -0.3 is 9.64 Å². The van der Waals surface area contributed by atoms with Gasteiger partial charge in [-0.1, -0.05) is 18.2 Å². The van der Waals surface area contributed by atoms with Crippen LogP contribution in [-0.2, 0) is 22.1 Å². The fraction of sp³-hybridized carbons (Fsp3) is 0.429. The van der Waals surface area contributed by atoms with Crippen LogP contribution in [0.25, 0.3) is 0 Å². The van der Waals surface area contributed by atoms with Gasteiger partial charge in [-0.3, -0.25) is 9.78 Å². The van der Waals surface area contributed by atoms with Crippen molar-refractivity contribution in [2.75, 3.05) is 26.8 Å². The lowest BCUT2D eigenvalue weighted by Crippen LogP contribution is -2.39. The molecule has 0 unspecified atom stereocenters. The number of amides is 1. The lowest BCUT2D eigenvalue weighted by atomic mass is 9.92. The summed E-state index contributed by atoms with van der Waals surface area (Å²) in [4.78, 5) is 18.2. The molecule has 1 aliphatic heterocycles. The highest BCUT2D eigenvalue weighted by atomic mass is 19.4. The number of hydrogen-bond acceptors (Lipinski definition) is 3. The normalized spacial score (nSPS) is 15.6. The maximum absolute atomic E-state index is 12.6. The summed E-state index contributed by atoms with van der Waals surface area (Å²) in [5, 5.41) is 0. The number of ether oxygens (including phenoxy) is 1. The maximum atomic E-state index is 12.6. The molecule has 1 fully saturated rings. The smallest absolute Gasteiger partial charge is 0.375 e. The van der Waals surface area contributed by atoms with Gasteiger partial charge in [0, 0.05) is 38.0 Å². The largest absolute Gasteiger partial charge is 0.416 e. The number of carbonyl (C=O) groups is 1. The third-order valence-electron chi connectivity index (χ3n) is 5.07. The van der Waals surface area contributed by atoms with E-state index >= 15 is 0 Å². The number of aromatic nitrogens is 1. The summed E-state index contributed by atoms with van der Waals surface area (Å²) in [5.41, 5.74) is 2.12. The topological polar surface area (TPSA) is 42.4 Å². The van der Waals surface area contributed by atoms with E-state index in [1.807, 2.05) is 17.0 Å². The van der Waals surface area contributed by atoms with Crippen LogP contribution in [0.4, 0.5) is 13.2 Å². The van der Waals surface area contributed by atoms with Crippen LogP contribution in [0.3, 0.4) is 0 Å². The van der Waals surface area contributed by atoms with E-state index in [2.05, 4.69) is 4.98 Å². The summed E-state index contributed by atoms with van der Waals surface area (Å²) < 4.78 is 42.8. The molecule has 2 heterocycles. The van der Waals surface area contributed by atoms with Gasteiger partial charge in [0.05, 0.1) is 5.56 Å². The number of piperidine rings is 1. The maximum Gasteiger partial charge on any atom is 0.416 e. The Bertz CT molecular complexity index is 781. The van der Waals surface area contributed by atoms with E-state index in [9.17, 15) is 18.0 Å². The number of methoxy groups -OCH3 is 1. The molecule has 1 aromatic heterocycles. The summed E-state index contributed by atoms with van der Waals surface area (Å²) in [6.07, 6.45) is -0.266. The second-order valence-corrected chi connectivity index (χ2v) is 7.05. The average molecular weight is 392 g/mol. The average Bonchev–Trinajstić information content (AvgIpc) is 2.69. The second-order valence-electron chi connectivity index (χ2n) is 7.05. The van der Waals surface area contributed by atoms with E-state index < -0.39 is 11.7 Å². The first-order valence-electron chi connectivity index (χ1n) is 9.24. The number of benzene rings is 1. The van der Waals surface area contributed by atoms with Crippen molar-refractivity contribution in [2.24, 2.45) is 0 Å². The lowest BCUT2D eigenvalue weighted by molar-refractivity contribution is -0.137. The first-order chi connectivity index (χ1) is 13.4. The standard InChI is InChI=1S/C21H23F3N2O2/c1-28-14-20(27)26-10-8-17(9-11-26)19-7-4-16(13-25-19)12-15-2-5-18(6-3-15)21(22,23)24/h2-7,13,17H,8-12,14H2,1H3. The molecule has 0 atom stereocenters. The highest BCUT2D eigenvalue weighted by Gasteiger charge is 2.30. The summed E-state index contributed by atoms with van der Waals surface area (Å²) >= 11 is 0. The van der Waals surface area contributed by atoms with Gasteiger partial charge >= 0.3 is 6.18 Å². The molecule has 0 spiro atoms. The zero-order chi connectivity index (χ0) is 20.1. The number of rotatable bonds is 5. The molecule has 0 radical (unpaired) electrons. The molecule has 1 saturated heterocycles. The van der Waals surface area contributed by atoms with Crippen molar-refractivity contribution in [3.8, 4) is 0 Å². The number of hydrogen-bond donors (Lipinski definition) is 0. The van der Waals surface area contributed by atoms with Crippen molar-refractivity contribution >= 4 is 5.91 Å². The highest BCUT2D eigenvalue weighted by Crippen LogP contribution is 2.30. The third-order valence-corrected chi connectivity index (χ3v) is 5.07. The predicted molar refractivity (Wildman–Crippen MR) is 98.9 cm³/mol. The van der Waals surface area contributed by atoms with Crippen molar-refractivity contribution in [1.29, 1.82) is 0 Å². The van der Waals surface area contributed by atoms with Gasteiger partial charge in [0.25, 0.3) is 0 Å². The molecule has 3 rings (SSSR count). The van der Waals surface area contributed by atoms with Crippen molar-refractivity contribution < 1.29 is 22.7 Å². The number of likely N-dealkylation sites (tertiary alicyclic amines) is 1. The highest BCUT2D eigenvalue weighted by molar-refractivity contribution is 5.77. The number of alkyl halides is 3. The van der Waals surface area contributed by atoms with E-state index in [0.29, 0.717) is 25.4 Å². The quantitative estimate of drug-likeness (QED) is 0.771. The summed E-state index contributed by atoms with van der Waals surface area (Å²) in [7, 11) is 1.51. The second kappa shape index (κ2) is 8.73. The van der Waals surface area contributed by atoms with Crippen molar-refractivity contribution in [2.45, 2.75) is 31.4 Å². The van der Waals surface area contributed by atoms with E-state index in [0.717, 1.165) is 41.8 Å². The minimum Gasteiger partial charge on any atom is -0.375 e. The minimum absolute atomic E-state index is 0.0146. The molecular weight excluding hydrogens is 369 g/mol. The molecule has 150 valence electrons. The van der Waals surface area contributed by atoms with Gasteiger partial charge in [0.1, 0.15) is 6.61 Å². The van der Waals surface area contributed by atoms with Crippen LogP contribution in [0, 0.1) is 0 Å². The van der Waals surface area contributed by atoms with Gasteiger partial charge in [-0.2, -0.15) is 13.2 Å². The Labute approximate surface area is 162 Å². The van der Waals surface area contributed by atoms with Crippen LogP contribution in [0.1, 0.15) is 41.1 Å². The van der Waals surface area contributed by atoms with Crippen molar-refractivity contribution in [3.63, 3.8) is 0 Å². The molecule has 0 saturated carbocycles. The Balaban J connectivity index is 1.56. The Kier molecular flexibility index (Phi) is 6.34. The molecule has 1 aromatic carbocycles. The van der Waals surface area contributed by atoms with Gasteiger partial charge in [-0.15, -0.1) is 0 Å².